The number of nitrogens with one attached hydrogen (secondary N) is 2. The van der Waals surface area contributed by atoms with E-state index >= 15 is 0 Å². The standard InChI is InChI=1S/C23H14F6N4O/c1-34-15-7-11(20-30-16-4-2-13(22(24,25)26)9-18(16)32-20)6-12(8-15)21-31-17-5-3-14(23(27,28)29)10-19(17)33-21/h2-10H,1H3,(H,30,32)(H,31,33). The average Bonchev–Trinajstić information content (AvgIpc) is 3.40. The van der Waals surface area contributed by atoms with E-state index in [1.54, 1.807) is 18.2 Å². The van der Waals surface area contributed by atoms with Gasteiger partial charge in [0.25, 0.3) is 0 Å². The maximum absolute atomic E-state index is 13.0. The average molecular weight is 476 g/mol. The van der Waals surface area contributed by atoms with Gasteiger partial charge in [-0.15, -0.1) is 0 Å². The van der Waals surface area contributed by atoms with Crippen molar-refractivity contribution in [3.63, 3.8) is 0 Å². The molecular weight excluding hydrogens is 462 g/mol. The van der Waals surface area contributed by atoms with E-state index in [9.17, 15) is 26.3 Å². The molecule has 0 unspecified atom stereocenters. The number of halogens is 6. The molecule has 0 radical (unpaired) electrons. The molecule has 0 aliphatic heterocycles. The zero-order valence-corrected chi connectivity index (χ0v) is 17.3. The summed E-state index contributed by atoms with van der Waals surface area (Å²) < 4.78 is 83.6. The van der Waals surface area contributed by atoms with Crippen LogP contribution in [0, 0.1) is 0 Å². The molecule has 5 rings (SSSR count). The van der Waals surface area contributed by atoms with Gasteiger partial charge in [-0.2, -0.15) is 26.3 Å². The Balaban J connectivity index is 1.59. The van der Waals surface area contributed by atoms with Crippen LogP contribution < -0.4 is 4.74 Å². The summed E-state index contributed by atoms with van der Waals surface area (Å²) in [6, 6.07) is 11.3. The lowest BCUT2D eigenvalue weighted by Gasteiger charge is -2.06. The van der Waals surface area contributed by atoms with E-state index in [1.165, 1.54) is 19.2 Å². The minimum Gasteiger partial charge on any atom is -0.497 e. The molecule has 5 nitrogen and oxygen atoms in total. The number of nitrogens with zero attached hydrogens (tertiary/aromatic N) is 2. The summed E-state index contributed by atoms with van der Waals surface area (Å²) in [6.45, 7) is 0. The summed E-state index contributed by atoms with van der Waals surface area (Å²) in [5, 5.41) is 0. The van der Waals surface area contributed by atoms with Crippen molar-refractivity contribution in [1.29, 1.82) is 0 Å². The number of aromatic amines is 2. The third kappa shape index (κ3) is 3.93. The van der Waals surface area contributed by atoms with E-state index in [-0.39, 0.29) is 11.0 Å². The van der Waals surface area contributed by atoms with E-state index < -0.39 is 23.5 Å². The number of methoxy groups -OCH3 is 1. The summed E-state index contributed by atoms with van der Waals surface area (Å²) in [5.74, 6) is 0.996. The van der Waals surface area contributed by atoms with Gasteiger partial charge in [0.2, 0.25) is 0 Å². The Morgan fingerprint density at radius 1 is 0.647 bits per heavy atom. The van der Waals surface area contributed by atoms with E-state index in [2.05, 4.69) is 19.9 Å². The van der Waals surface area contributed by atoms with Crippen LogP contribution in [0.15, 0.2) is 54.6 Å². The van der Waals surface area contributed by atoms with Crippen molar-refractivity contribution in [3.8, 4) is 28.5 Å². The molecule has 0 amide bonds. The van der Waals surface area contributed by atoms with Gasteiger partial charge in [0.1, 0.15) is 17.4 Å². The number of alkyl halides is 6. The minimum atomic E-state index is -4.49. The van der Waals surface area contributed by atoms with Crippen molar-refractivity contribution in [1.82, 2.24) is 19.9 Å². The molecule has 5 aromatic rings. The van der Waals surface area contributed by atoms with Gasteiger partial charge in [-0.1, -0.05) is 0 Å². The molecule has 0 aliphatic carbocycles. The van der Waals surface area contributed by atoms with Gasteiger partial charge in [-0.25, -0.2) is 9.97 Å². The third-order valence-corrected chi connectivity index (χ3v) is 5.31. The normalized spacial score (nSPS) is 12.6. The number of aromatic nitrogens is 4. The van der Waals surface area contributed by atoms with Crippen molar-refractivity contribution < 1.29 is 31.1 Å². The van der Waals surface area contributed by atoms with Gasteiger partial charge in [0.05, 0.1) is 40.3 Å². The molecule has 0 saturated heterocycles. The summed E-state index contributed by atoms with van der Waals surface area (Å²) in [5.41, 5.74) is 0.483. The lowest BCUT2D eigenvalue weighted by molar-refractivity contribution is -0.138. The molecule has 174 valence electrons. The molecule has 0 saturated carbocycles. The quantitative estimate of drug-likeness (QED) is 0.281. The van der Waals surface area contributed by atoms with Crippen molar-refractivity contribution in [2.24, 2.45) is 0 Å². The lowest BCUT2D eigenvalue weighted by atomic mass is 10.1. The first-order valence-electron chi connectivity index (χ1n) is 9.85. The Morgan fingerprint density at radius 3 is 1.47 bits per heavy atom. The van der Waals surface area contributed by atoms with Crippen molar-refractivity contribution in [2.75, 3.05) is 7.11 Å². The second kappa shape index (κ2) is 7.51. The highest BCUT2D eigenvalue weighted by Crippen LogP contribution is 2.35. The van der Waals surface area contributed by atoms with E-state index in [1.807, 2.05) is 0 Å². The number of imidazole rings is 2. The highest BCUT2D eigenvalue weighted by molar-refractivity contribution is 5.83. The first-order valence-corrected chi connectivity index (χ1v) is 9.85. The third-order valence-electron chi connectivity index (χ3n) is 5.31. The van der Waals surface area contributed by atoms with Gasteiger partial charge in [-0.3, -0.25) is 0 Å². The highest BCUT2D eigenvalue weighted by Gasteiger charge is 2.31. The molecule has 0 fully saturated rings. The van der Waals surface area contributed by atoms with Crippen molar-refractivity contribution in [3.05, 3.63) is 65.7 Å². The molecule has 3 aromatic carbocycles. The molecule has 0 spiro atoms. The van der Waals surface area contributed by atoms with Gasteiger partial charge < -0.3 is 14.7 Å². The SMILES string of the molecule is COc1cc(-c2nc3ccc(C(F)(F)F)cc3[nH]2)cc(-c2nc3ccc(C(F)(F)F)cc3[nH]2)c1. The van der Waals surface area contributed by atoms with Crippen LogP contribution in [0.5, 0.6) is 5.75 Å². The Bertz CT molecular complexity index is 1420. The first kappa shape index (κ1) is 21.8. The van der Waals surface area contributed by atoms with Crippen LogP contribution in [0.4, 0.5) is 26.3 Å². The second-order valence-electron chi connectivity index (χ2n) is 7.58. The van der Waals surface area contributed by atoms with Gasteiger partial charge >= 0.3 is 12.4 Å². The summed E-state index contributed by atoms with van der Waals surface area (Å²) >= 11 is 0. The monoisotopic (exact) mass is 476 g/mol. The topological polar surface area (TPSA) is 66.6 Å². The second-order valence-corrected chi connectivity index (χ2v) is 7.58. The highest BCUT2D eigenvalue weighted by atomic mass is 19.4. The van der Waals surface area contributed by atoms with Gasteiger partial charge in [0, 0.05) is 11.1 Å². The van der Waals surface area contributed by atoms with Crippen LogP contribution in [0.1, 0.15) is 11.1 Å². The minimum absolute atomic E-state index is 0.206. The largest absolute Gasteiger partial charge is 0.497 e. The smallest absolute Gasteiger partial charge is 0.416 e. The number of hydrogen-bond acceptors (Lipinski definition) is 3. The van der Waals surface area contributed by atoms with Crippen molar-refractivity contribution >= 4 is 22.1 Å². The molecule has 2 heterocycles. The van der Waals surface area contributed by atoms with Crippen LogP contribution in [0.2, 0.25) is 0 Å². The number of rotatable bonds is 3. The van der Waals surface area contributed by atoms with Gasteiger partial charge in [0.15, 0.2) is 0 Å². The zero-order valence-electron chi connectivity index (χ0n) is 17.3. The predicted octanol–water partition coefficient (Wildman–Crippen LogP) is 6.82. The molecule has 0 bridgehead atoms. The Labute approximate surface area is 187 Å². The zero-order chi connectivity index (χ0) is 24.3. The van der Waals surface area contributed by atoms with Crippen LogP contribution >= 0.6 is 0 Å². The van der Waals surface area contributed by atoms with E-state index in [4.69, 9.17) is 4.74 Å². The molecule has 0 aliphatic rings. The fraction of sp³-hybridized carbons (Fsp3) is 0.130. The molecule has 0 atom stereocenters. The number of H-pyrrole nitrogens is 2. The van der Waals surface area contributed by atoms with Crippen molar-refractivity contribution in [2.45, 2.75) is 12.4 Å². The fourth-order valence-corrected chi connectivity index (χ4v) is 3.64. The van der Waals surface area contributed by atoms with E-state index in [0.29, 0.717) is 39.6 Å². The molecule has 34 heavy (non-hydrogen) atoms. The summed E-state index contributed by atoms with van der Waals surface area (Å²) in [7, 11) is 1.44. The number of benzene rings is 3. The Morgan fingerprint density at radius 2 is 1.09 bits per heavy atom. The van der Waals surface area contributed by atoms with Crippen LogP contribution in [-0.4, -0.2) is 27.0 Å². The molecule has 11 heteroatoms. The Kier molecular flexibility index (Phi) is 4.81. The number of hydrogen-bond donors (Lipinski definition) is 2. The lowest BCUT2D eigenvalue weighted by Crippen LogP contribution is -2.04. The molecule has 2 N–H and O–H groups in total. The maximum Gasteiger partial charge on any atom is 0.416 e. The maximum atomic E-state index is 13.0. The van der Waals surface area contributed by atoms with Gasteiger partial charge in [-0.05, 0) is 54.6 Å². The van der Waals surface area contributed by atoms with E-state index in [0.717, 1.165) is 24.3 Å². The first-order chi connectivity index (χ1) is 16.0. The summed E-state index contributed by atoms with van der Waals surface area (Å²) in [6.07, 6.45) is -8.98. The fourth-order valence-electron chi connectivity index (χ4n) is 3.64. The molecular formula is C23H14F6N4O. The predicted molar refractivity (Wildman–Crippen MR) is 113 cm³/mol. The summed E-state index contributed by atoms with van der Waals surface area (Å²) in [4.78, 5) is 14.5. The van der Waals surface area contributed by atoms with Crippen LogP contribution in [-0.2, 0) is 12.4 Å². The molecule has 2 aromatic heterocycles. The number of ether oxygens (including phenoxy) is 1. The van der Waals surface area contributed by atoms with Crippen LogP contribution in [0.25, 0.3) is 44.8 Å². The van der Waals surface area contributed by atoms with Crippen LogP contribution in [0.3, 0.4) is 0 Å². The Hall–Kier alpha value is -4.02. The number of fused-ring (bicyclic) bond motifs is 2.